The maximum absolute atomic E-state index is 11.9. The monoisotopic (exact) mass is 290 g/mol. The number of carbonyl (C=O) groups excluding carboxylic acids is 1. The number of hydrogen-bond donors (Lipinski definition) is 2. The molecule has 0 saturated heterocycles. The van der Waals surface area contributed by atoms with Gasteiger partial charge in [-0.3, -0.25) is 4.79 Å². The number of nitrogens with one attached hydrogen (secondary N) is 2. The van der Waals surface area contributed by atoms with Crippen LogP contribution in [-0.2, 0) is 4.79 Å². The number of hydrogen-bond acceptors (Lipinski definition) is 5. The quantitative estimate of drug-likeness (QED) is 0.834. The third-order valence-electron chi connectivity index (χ3n) is 2.91. The summed E-state index contributed by atoms with van der Waals surface area (Å²) in [6, 6.07) is 0.124. The molecule has 2 heterocycles. The molecule has 1 amide bonds. The Morgan fingerprint density at radius 1 is 1.48 bits per heavy atom. The van der Waals surface area contributed by atoms with E-state index >= 15 is 0 Å². The molecule has 7 nitrogen and oxygen atoms in total. The van der Waals surface area contributed by atoms with E-state index in [1.165, 1.54) is 0 Å². The van der Waals surface area contributed by atoms with Crippen LogP contribution in [0.3, 0.4) is 0 Å². The molecular weight excluding hydrogens is 268 g/mol. The van der Waals surface area contributed by atoms with Gasteiger partial charge in [-0.2, -0.15) is 0 Å². The molecule has 0 unspecified atom stereocenters. The highest BCUT2D eigenvalue weighted by Crippen LogP contribution is 2.19. The van der Waals surface area contributed by atoms with E-state index in [0.717, 1.165) is 18.0 Å². The zero-order chi connectivity index (χ0) is 15.4. The summed E-state index contributed by atoms with van der Waals surface area (Å²) in [7, 11) is 1.84. The molecule has 0 aliphatic carbocycles. The van der Waals surface area contributed by atoms with Crippen LogP contribution < -0.4 is 15.5 Å². The number of imidazole rings is 1. The molecule has 21 heavy (non-hydrogen) atoms. The molecule has 0 spiro atoms. The number of aromatic nitrogens is 3. The Bertz CT molecular complexity index is 621. The summed E-state index contributed by atoms with van der Waals surface area (Å²) in [4.78, 5) is 22.6. The van der Waals surface area contributed by atoms with E-state index in [-0.39, 0.29) is 18.5 Å². The lowest BCUT2D eigenvalue weighted by Gasteiger charge is -2.20. The zero-order valence-corrected chi connectivity index (χ0v) is 12.9. The molecule has 0 atom stereocenters. The zero-order valence-electron chi connectivity index (χ0n) is 12.9. The molecule has 0 fully saturated rings. The first-order valence-corrected chi connectivity index (χ1v) is 7.09. The normalized spacial score (nSPS) is 10.9. The van der Waals surface area contributed by atoms with Crippen LogP contribution >= 0.6 is 0 Å². The molecule has 7 heteroatoms. The summed E-state index contributed by atoms with van der Waals surface area (Å²) in [5, 5.41) is 6.06. The van der Waals surface area contributed by atoms with Crippen molar-refractivity contribution in [3.8, 4) is 0 Å². The lowest BCUT2D eigenvalue weighted by Crippen LogP contribution is -2.39. The van der Waals surface area contributed by atoms with Crippen molar-refractivity contribution in [1.82, 2.24) is 19.7 Å². The summed E-state index contributed by atoms with van der Waals surface area (Å²) >= 11 is 0. The van der Waals surface area contributed by atoms with E-state index in [9.17, 15) is 4.79 Å². The molecule has 114 valence electrons. The van der Waals surface area contributed by atoms with Gasteiger partial charge < -0.3 is 19.9 Å². The van der Waals surface area contributed by atoms with Crippen LogP contribution in [0.15, 0.2) is 18.6 Å². The van der Waals surface area contributed by atoms with Crippen molar-refractivity contribution in [2.75, 3.05) is 30.4 Å². The number of nitrogens with zero attached hydrogens (tertiary/aromatic N) is 4. The van der Waals surface area contributed by atoms with Gasteiger partial charge in [0.2, 0.25) is 5.91 Å². The lowest BCUT2D eigenvalue weighted by atomic mass is 10.4. The third kappa shape index (κ3) is 3.62. The molecular formula is C14H22N6O. The standard InChI is InChI=1S/C14H22N6O/c1-5-15-11-8-20-7-6-16-13(20)14(18-11)19(4)9-12(21)17-10(2)3/h6-8,10,15H,5,9H2,1-4H3,(H,17,21). The molecule has 0 saturated carbocycles. The van der Waals surface area contributed by atoms with E-state index < -0.39 is 0 Å². The summed E-state index contributed by atoms with van der Waals surface area (Å²) in [5.41, 5.74) is 0.733. The van der Waals surface area contributed by atoms with Crippen LogP contribution in [0.5, 0.6) is 0 Å². The van der Waals surface area contributed by atoms with Gasteiger partial charge in [0.1, 0.15) is 5.82 Å². The fraction of sp³-hybridized carbons (Fsp3) is 0.500. The van der Waals surface area contributed by atoms with Gasteiger partial charge in [0.05, 0.1) is 12.7 Å². The van der Waals surface area contributed by atoms with Crippen molar-refractivity contribution in [1.29, 1.82) is 0 Å². The topological polar surface area (TPSA) is 74.6 Å². The van der Waals surface area contributed by atoms with E-state index in [1.54, 1.807) is 11.1 Å². The minimum atomic E-state index is -0.0344. The average molecular weight is 290 g/mol. The predicted octanol–water partition coefficient (Wildman–Crippen LogP) is 1.12. The van der Waals surface area contributed by atoms with Gasteiger partial charge in [0, 0.05) is 32.0 Å². The Labute approximate surface area is 124 Å². The SMILES string of the molecule is CCNc1cn2ccnc2c(N(C)CC(=O)NC(C)C)n1. The predicted molar refractivity (Wildman–Crippen MR) is 83.7 cm³/mol. The first-order valence-electron chi connectivity index (χ1n) is 7.09. The van der Waals surface area contributed by atoms with Crippen LogP contribution in [0.1, 0.15) is 20.8 Å². The summed E-state index contributed by atoms with van der Waals surface area (Å²) < 4.78 is 1.90. The summed E-state index contributed by atoms with van der Waals surface area (Å²) in [6.07, 6.45) is 5.47. The number of likely N-dealkylation sites (N-methyl/N-ethyl adjacent to an activating group) is 1. The maximum atomic E-state index is 11.9. The third-order valence-corrected chi connectivity index (χ3v) is 2.91. The molecule has 2 N–H and O–H groups in total. The average Bonchev–Trinajstić information content (AvgIpc) is 2.85. The Hall–Kier alpha value is -2.31. The molecule has 2 rings (SSSR count). The molecule has 2 aromatic rings. The lowest BCUT2D eigenvalue weighted by molar-refractivity contribution is -0.120. The summed E-state index contributed by atoms with van der Waals surface area (Å²) in [5.74, 6) is 1.40. The molecule has 0 radical (unpaired) electrons. The second-order valence-electron chi connectivity index (χ2n) is 5.22. The number of rotatable bonds is 6. The van der Waals surface area contributed by atoms with Crippen LogP contribution in [0.4, 0.5) is 11.6 Å². The van der Waals surface area contributed by atoms with Gasteiger partial charge in [-0.15, -0.1) is 0 Å². The van der Waals surface area contributed by atoms with Crippen molar-refractivity contribution in [3.63, 3.8) is 0 Å². The van der Waals surface area contributed by atoms with Gasteiger partial charge in [-0.25, -0.2) is 9.97 Å². The van der Waals surface area contributed by atoms with Gasteiger partial charge >= 0.3 is 0 Å². The largest absolute Gasteiger partial charge is 0.369 e. The maximum Gasteiger partial charge on any atom is 0.239 e. The molecule has 0 aromatic carbocycles. The van der Waals surface area contributed by atoms with Gasteiger partial charge in [-0.05, 0) is 20.8 Å². The van der Waals surface area contributed by atoms with Crippen molar-refractivity contribution in [3.05, 3.63) is 18.6 Å². The Balaban J connectivity index is 2.26. The van der Waals surface area contributed by atoms with Crippen molar-refractivity contribution >= 4 is 23.2 Å². The Morgan fingerprint density at radius 3 is 2.90 bits per heavy atom. The van der Waals surface area contributed by atoms with Gasteiger partial charge in [0.15, 0.2) is 11.5 Å². The van der Waals surface area contributed by atoms with Crippen molar-refractivity contribution in [2.45, 2.75) is 26.8 Å². The van der Waals surface area contributed by atoms with Crippen LogP contribution in [0.25, 0.3) is 5.65 Å². The molecule has 2 aromatic heterocycles. The van der Waals surface area contributed by atoms with E-state index in [0.29, 0.717) is 5.82 Å². The van der Waals surface area contributed by atoms with Crippen LogP contribution in [-0.4, -0.2) is 46.5 Å². The van der Waals surface area contributed by atoms with E-state index in [2.05, 4.69) is 20.6 Å². The van der Waals surface area contributed by atoms with Gasteiger partial charge in [0.25, 0.3) is 0 Å². The van der Waals surface area contributed by atoms with Gasteiger partial charge in [-0.1, -0.05) is 0 Å². The second kappa shape index (κ2) is 6.43. The highest BCUT2D eigenvalue weighted by atomic mass is 16.2. The number of carbonyl (C=O) groups is 1. The minimum Gasteiger partial charge on any atom is -0.369 e. The first-order chi connectivity index (χ1) is 10.0. The van der Waals surface area contributed by atoms with Crippen molar-refractivity contribution < 1.29 is 4.79 Å². The highest BCUT2D eigenvalue weighted by Gasteiger charge is 2.15. The van der Waals surface area contributed by atoms with E-state index in [1.807, 2.05) is 44.6 Å². The summed E-state index contributed by atoms with van der Waals surface area (Å²) in [6.45, 7) is 6.91. The molecule has 0 aliphatic heterocycles. The second-order valence-corrected chi connectivity index (χ2v) is 5.22. The first kappa shape index (κ1) is 15.1. The van der Waals surface area contributed by atoms with Crippen molar-refractivity contribution in [2.24, 2.45) is 0 Å². The van der Waals surface area contributed by atoms with Crippen LogP contribution in [0.2, 0.25) is 0 Å². The number of anilines is 2. The Kier molecular flexibility index (Phi) is 4.62. The number of fused-ring (bicyclic) bond motifs is 1. The Morgan fingerprint density at radius 2 is 2.24 bits per heavy atom. The van der Waals surface area contributed by atoms with E-state index in [4.69, 9.17) is 0 Å². The number of amides is 1. The fourth-order valence-electron chi connectivity index (χ4n) is 2.10. The fourth-order valence-corrected chi connectivity index (χ4v) is 2.10. The minimum absolute atomic E-state index is 0.0344. The highest BCUT2D eigenvalue weighted by molar-refractivity contribution is 5.82. The molecule has 0 aliphatic rings. The molecule has 0 bridgehead atoms. The smallest absolute Gasteiger partial charge is 0.239 e. The van der Waals surface area contributed by atoms with Crippen LogP contribution in [0, 0.1) is 0 Å².